The maximum Gasteiger partial charge on any atom is 0.224 e. The molecule has 0 radical (unpaired) electrons. The summed E-state index contributed by atoms with van der Waals surface area (Å²) in [7, 11) is 0. The summed E-state index contributed by atoms with van der Waals surface area (Å²) in [5.74, 6) is 1.79. The quantitative estimate of drug-likeness (QED) is 0.748. The van der Waals surface area contributed by atoms with E-state index in [2.05, 4.69) is 45.0 Å². The molecular weight excluding hydrogens is 274 g/mol. The van der Waals surface area contributed by atoms with Crippen molar-refractivity contribution in [3.05, 3.63) is 11.8 Å². The van der Waals surface area contributed by atoms with Crippen LogP contribution >= 0.6 is 0 Å². The summed E-state index contributed by atoms with van der Waals surface area (Å²) in [5.41, 5.74) is 1.02. The molecule has 0 aromatic carbocycles. The molecule has 1 aromatic heterocycles. The van der Waals surface area contributed by atoms with Gasteiger partial charge in [-0.1, -0.05) is 6.42 Å². The van der Waals surface area contributed by atoms with E-state index in [9.17, 15) is 0 Å². The summed E-state index contributed by atoms with van der Waals surface area (Å²) in [6, 6.07) is 2.06. The van der Waals surface area contributed by atoms with E-state index >= 15 is 0 Å². The lowest BCUT2D eigenvalue weighted by Gasteiger charge is -2.26. The molecule has 1 saturated heterocycles. The molecule has 1 aliphatic rings. The normalized spacial score (nSPS) is 15.8. The van der Waals surface area contributed by atoms with E-state index in [0.29, 0.717) is 0 Å². The van der Waals surface area contributed by atoms with Gasteiger partial charge < -0.3 is 15.1 Å². The minimum Gasteiger partial charge on any atom is -0.357 e. The summed E-state index contributed by atoms with van der Waals surface area (Å²) in [6.45, 7) is 13.0. The maximum atomic E-state index is 4.65. The molecular formula is C17H31N5. The van der Waals surface area contributed by atoms with Gasteiger partial charge in [-0.15, -0.1) is 0 Å². The Morgan fingerprint density at radius 1 is 1.14 bits per heavy atom. The molecule has 0 bridgehead atoms. The van der Waals surface area contributed by atoms with Gasteiger partial charge in [-0.2, -0.15) is 4.98 Å². The lowest BCUT2D eigenvalue weighted by molar-refractivity contribution is 0.228. The van der Waals surface area contributed by atoms with Crippen LogP contribution in [0.25, 0.3) is 0 Å². The zero-order valence-electron chi connectivity index (χ0n) is 14.4. The van der Waals surface area contributed by atoms with Crippen molar-refractivity contribution in [1.82, 2.24) is 14.9 Å². The Morgan fingerprint density at radius 3 is 2.55 bits per heavy atom. The average molecular weight is 305 g/mol. The molecule has 1 aromatic rings. The van der Waals surface area contributed by atoms with Crippen LogP contribution in [0.5, 0.6) is 0 Å². The van der Waals surface area contributed by atoms with E-state index in [-0.39, 0.29) is 0 Å². The van der Waals surface area contributed by atoms with Crippen molar-refractivity contribution in [3.8, 4) is 0 Å². The van der Waals surface area contributed by atoms with E-state index in [4.69, 9.17) is 0 Å². The molecule has 1 N–H and O–H groups in total. The van der Waals surface area contributed by atoms with Gasteiger partial charge in [0, 0.05) is 31.4 Å². The first-order valence-electron chi connectivity index (χ1n) is 8.79. The number of anilines is 2. The van der Waals surface area contributed by atoms with Crippen LogP contribution in [0.1, 0.15) is 45.2 Å². The minimum atomic E-state index is 0.764. The van der Waals surface area contributed by atoms with Crippen LogP contribution in [-0.2, 0) is 0 Å². The lowest BCUT2D eigenvalue weighted by Crippen LogP contribution is -2.31. The van der Waals surface area contributed by atoms with Gasteiger partial charge in [0.25, 0.3) is 0 Å². The number of aryl methyl sites for hydroxylation is 1. The Balaban J connectivity index is 1.81. The fraction of sp³-hybridized carbons (Fsp3) is 0.765. The molecule has 5 heteroatoms. The highest BCUT2D eigenvalue weighted by Gasteiger charge is 2.10. The number of hydrogen-bond donors (Lipinski definition) is 1. The standard InChI is InChI=1S/C17H31N5/c1-4-22(5-2)16-14-15(3)19-17(20-16)18-10-9-13-21-11-7-6-8-12-21/h14H,4-13H2,1-3H3,(H,18,19,20). The molecule has 22 heavy (non-hydrogen) atoms. The van der Waals surface area contributed by atoms with Gasteiger partial charge in [-0.25, -0.2) is 4.98 Å². The van der Waals surface area contributed by atoms with Crippen molar-refractivity contribution in [3.63, 3.8) is 0 Å². The Labute approximate surface area is 135 Å². The van der Waals surface area contributed by atoms with Crippen molar-refractivity contribution in [2.75, 3.05) is 49.5 Å². The van der Waals surface area contributed by atoms with Crippen molar-refractivity contribution >= 4 is 11.8 Å². The van der Waals surface area contributed by atoms with E-state index in [1.807, 2.05) is 6.92 Å². The molecule has 1 aliphatic heterocycles. The predicted octanol–water partition coefficient (Wildman–Crippen LogP) is 2.92. The van der Waals surface area contributed by atoms with Crippen LogP contribution in [0.2, 0.25) is 0 Å². The number of nitrogens with one attached hydrogen (secondary N) is 1. The molecule has 0 unspecified atom stereocenters. The molecule has 2 heterocycles. The summed E-state index contributed by atoms with van der Waals surface area (Å²) >= 11 is 0. The summed E-state index contributed by atoms with van der Waals surface area (Å²) in [6.07, 6.45) is 5.28. The molecule has 0 saturated carbocycles. The molecule has 0 spiro atoms. The van der Waals surface area contributed by atoms with Crippen LogP contribution in [0.3, 0.4) is 0 Å². The summed E-state index contributed by atoms with van der Waals surface area (Å²) < 4.78 is 0. The van der Waals surface area contributed by atoms with Gasteiger partial charge in [0.05, 0.1) is 0 Å². The first-order valence-corrected chi connectivity index (χ1v) is 8.79. The highest BCUT2D eigenvalue weighted by molar-refractivity contribution is 5.44. The Morgan fingerprint density at radius 2 is 1.86 bits per heavy atom. The topological polar surface area (TPSA) is 44.3 Å². The summed E-state index contributed by atoms with van der Waals surface area (Å²) in [4.78, 5) is 14.0. The molecule has 0 aliphatic carbocycles. The number of aromatic nitrogens is 2. The Hall–Kier alpha value is -1.36. The van der Waals surface area contributed by atoms with Gasteiger partial charge in [-0.05, 0) is 59.7 Å². The van der Waals surface area contributed by atoms with Gasteiger partial charge in [0.1, 0.15) is 5.82 Å². The third-order valence-electron chi connectivity index (χ3n) is 4.31. The van der Waals surface area contributed by atoms with Gasteiger partial charge >= 0.3 is 0 Å². The van der Waals surface area contributed by atoms with Crippen LogP contribution in [0, 0.1) is 6.92 Å². The molecule has 0 atom stereocenters. The highest BCUT2D eigenvalue weighted by atomic mass is 15.2. The van der Waals surface area contributed by atoms with Crippen molar-refractivity contribution in [1.29, 1.82) is 0 Å². The predicted molar refractivity (Wildman–Crippen MR) is 93.7 cm³/mol. The molecule has 5 nitrogen and oxygen atoms in total. The Kier molecular flexibility index (Phi) is 6.90. The second-order valence-corrected chi connectivity index (χ2v) is 6.05. The largest absolute Gasteiger partial charge is 0.357 e. The van der Waals surface area contributed by atoms with Crippen LogP contribution < -0.4 is 10.2 Å². The van der Waals surface area contributed by atoms with E-state index in [1.165, 1.54) is 38.9 Å². The fourth-order valence-corrected chi connectivity index (χ4v) is 3.03. The second-order valence-electron chi connectivity index (χ2n) is 6.05. The monoisotopic (exact) mass is 305 g/mol. The molecule has 1 fully saturated rings. The van der Waals surface area contributed by atoms with Gasteiger partial charge in [-0.3, -0.25) is 0 Å². The summed E-state index contributed by atoms with van der Waals surface area (Å²) in [5, 5.41) is 3.39. The van der Waals surface area contributed by atoms with E-state index in [0.717, 1.165) is 43.5 Å². The first-order chi connectivity index (χ1) is 10.7. The van der Waals surface area contributed by atoms with E-state index in [1.54, 1.807) is 0 Å². The SMILES string of the molecule is CCN(CC)c1cc(C)nc(NCCCN2CCCCC2)n1. The number of likely N-dealkylation sites (tertiary alicyclic amines) is 1. The van der Waals surface area contributed by atoms with E-state index < -0.39 is 0 Å². The number of hydrogen-bond acceptors (Lipinski definition) is 5. The lowest BCUT2D eigenvalue weighted by atomic mass is 10.1. The Bertz CT molecular complexity index is 439. The maximum absolute atomic E-state index is 4.65. The van der Waals surface area contributed by atoms with Crippen LogP contribution in [-0.4, -0.2) is 54.1 Å². The van der Waals surface area contributed by atoms with Gasteiger partial charge in [0.2, 0.25) is 5.95 Å². The first kappa shape index (κ1) is 17.0. The zero-order chi connectivity index (χ0) is 15.8. The average Bonchev–Trinajstić information content (AvgIpc) is 2.53. The smallest absolute Gasteiger partial charge is 0.224 e. The molecule has 0 amide bonds. The fourth-order valence-electron chi connectivity index (χ4n) is 3.03. The van der Waals surface area contributed by atoms with Crippen LogP contribution in [0.4, 0.5) is 11.8 Å². The van der Waals surface area contributed by atoms with Crippen LogP contribution in [0.15, 0.2) is 6.07 Å². The van der Waals surface area contributed by atoms with Crippen molar-refractivity contribution < 1.29 is 0 Å². The van der Waals surface area contributed by atoms with Crippen molar-refractivity contribution in [2.45, 2.75) is 46.5 Å². The third-order valence-corrected chi connectivity index (χ3v) is 4.31. The third kappa shape index (κ3) is 5.13. The van der Waals surface area contributed by atoms with Gasteiger partial charge in [0.15, 0.2) is 0 Å². The second kappa shape index (κ2) is 8.93. The number of nitrogens with zero attached hydrogens (tertiary/aromatic N) is 4. The minimum absolute atomic E-state index is 0.764. The number of piperidine rings is 1. The van der Waals surface area contributed by atoms with Crippen molar-refractivity contribution in [2.24, 2.45) is 0 Å². The molecule has 2 rings (SSSR count). The molecule has 124 valence electrons. The highest BCUT2D eigenvalue weighted by Crippen LogP contribution is 2.14. The number of rotatable bonds is 8. The zero-order valence-corrected chi connectivity index (χ0v) is 14.4.